The molecular weight excluding hydrogens is 449 g/mol. The van der Waals surface area contributed by atoms with Crippen LogP contribution in [0, 0.1) is 17.5 Å². The van der Waals surface area contributed by atoms with E-state index in [2.05, 4.69) is 6.92 Å². The van der Waals surface area contributed by atoms with Crippen LogP contribution in [0.2, 0.25) is 0 Å². The van der Waals surface area contributed by atoms with E-state index < -0.39 is 11.6 Å². The van der Waals surface area contributed by atoms with Crippen LogP contribution >= 0.6 is 0 Å². The van der Waals surface area contributed by atoms with Crippen molar-refractivity contribution in [2.75, 3.05) is 6.61 Å². The molecule has 4 aromatic rings. The standard InChI is InChI=1S/C30H25F3O2/c1-2-3-19-4-6-21(7-5-19)25-14-11-23(29(32)30(25)33)17-34-24-12-8-20(9-13-24)22-10-15-26(27(31)16-22)28-18-35-28/h4-16,28H,2-3,17-18H2,1H3. The Hall–Kier alpha value is -3.57. The van der Waals surface area contributed by atoms with Gasteiger partial charge in [-0.1, -0.05) is 74.0 Å². The summed E-state index contributed by atoms with van der Waals surface area (Å²) in [4.78, 5) is 0. The molecule has 5 rings (SSSR count). The lowest BCUT2D eigenvalue weighted by atomic mass is 10.00. The highest BCUT2D eigenvalue weighted by molar-refractivity contribution is 5.66. The Morgan fingerprint density at radius 3 is 2.14 bits per heavy atom. The molecular formula is C30H25F3O2. The minimum absolute atomic E-state index is 0.109. The third-order valence-corrected chi connectivity index (χ3v) is 6.23. The van der Waals surface area contributed by atoms with Crippen LogP contribution in [0.4, 0.5) is 13.2 Å². The summed E-state index contributed by atoms with van der Waals surface area (Å²) in [6, 6.07) is 22.8. The molecule has 1 atom stereocenters. The average molecular weight is 475 g/mol. The van der Waals surface area contributed by atoms with Crippen LogP contribution in [-0.4, -0.2) is 6.61 Å². The highest BCUT2D eigenvalue weighted by atomic mass is 19.2. The molecule has 0 bridgehead atoms. The van der Waals surface area contributed by atoms with Crippen LogP contribution in [0.5, 0.6) is 5.75 Å². The second-order valence-corrected chi connectivity index (χ2v) is 8.72. The first-order chi connectivity index (χ1) is 17.0. The number of ether oxygens (including phenoxy) is 2. The summed E-state index contributed by atoms with van der Waals surface area (Å²) in [5.74, 6) is -1.57. The molecule has 4 aromatic carbocycles. The number of epoxide rings is 1. The molecule has 0 aliphatic carbocycles. The molecule has 0 spiro atoms. The second kappa shape index (κ2) is 9.96. The Bertz CT molecular complexity index is 1330. The zero-order valence-electron chi connectivity index (χ0n) is 19.4. The van der Waals surface area contributed by atoms with Gasteiger partial charge in [-0.15, -0.1) is 0 Å². The summed E-state index contributed by atoms with van der Waals surface area (Å²) in [5.41, 5.74) is 4.31. The topological polar surface area (TPSA) is 21.8 Å². The maximum atomic E-state index is 14.8. The second-order valence-electron chi connectivity index (χ2n) is 8.72. The lowest BCUT2D eigenvalue weighted by Crippen LogP contribution is -2.02. The summed E-state index contributed by atoms with van der Waals surface area (Å²) >= 11 is 0. The quantitative estimate of drug-likeness (QED) is 0.241. The normalized spacial score (nSPS) is 14.7. The number of benzene rings is 4. The van der Waals surface area contributed by atoms with Crippen LogP contribution < -0.4 is 4.74 Å². The van der Waals surface area contributed by atoms with Crippen molar-refractivity contribution in [2.24, 2.45) is 0 Å². The van der Waals surface area contributed by atoms with Crippen molar-refractivity contribution in [1.82, 2.24) is 0 Å². The lowest BCUT2D eigenvalue weighted by molar-refractivity contribution is 0.297. The van der Waals surface area contributed by atoms with Gasteiger partial charge in [0.25, 0.3) is 0 Å². The third-order valence-electron chi connectivity index (χ3n) is 6.23. The molecule has 2 nitrogen and oxygen atoms in total. The Morgan fingerprint density at radius 1 is 0.800 bits per heavy atom. The van der Waals surface area contributed by atoms with Gasteiger partial charge < -0.3 is 9.47 Å². The molecule has 0 saturated carbocycles. The summed E-state index contributed by atoms with van der Waals surface area (Å²) in [6.07, 6.45) is 1.85. The first kappa shape index (κ1) is 23.2. The fourth-order valence-electron chi connectivity index (χ4n) is 4.16. The predicted octanol–water partition coefficient (Wildman–Crippen LogP) is 8.04. The molecule has 1 saturated heterocycles. The van der Waals surface area contributed by atoms with Crippen LogP contribution in [0.3, 0.4) is 0 Å². The van der Waals surface area contributed by atoms with Gasteiger partial charge in [-0.3, -0.25) is 0 Å². The molecule has 0 N–H and O–H groups in total. The first-order valence-electron chi connectivity index (χ1n) is 11.7. The number of aryl methyl sites for hydroxylation is 1. The molecule has 1 heterocycles. The molecule has 1 unspecified atom stereocenters. The monoisotopic (exact) mass is 474 g/mol. The molecule has 0 amide bonds. The summed E-state index contributed by atoms with van der Waals surface area (Å²) in [7, 11) is 0. The van der Waals surface area contributed by atoms with Crippen molar-refractivity contribution in [2.45, 2.75) is 32.5 Å². The number of hydrogen-bond donors (Lipinski definition) is 0. The minimum atomic E-state index is -0.910. The molecule has 1 aliphatic rings. The van der Waals surface area contributed by atoms with Gasteiger partial charge in [0.05, 0.1) is 6.61 Å². The zero-order chi connectivity index (χ0) is 24.4. The number of rotatable bonds is 8. The molecule has 5 heteroatoms. The van der Waals surface area contributed by atoms with Gasteiger partial charge >= 0.3 is 0 Å². The van der Waals surface area contributed by atoms with Crippen molar-refractivity contribution < 1.29 is 22.6 Å². The average Bonchev–Trinajstić information content (AvgIpc) is 3.71. The van der Waals surface area contributed by atoms with E-state index in [-0.39, 0.29) is 29.7 Å². The highest BCUT2D eigenvalue weighted by Gasteiger charge is 2.27. The Balaban J connectivity index is 1.26. The van der Waals surface area contributed by atoms with E-state index >= 15 is 0 Å². The molecule has 0 radical (unpaired) electrons. The number of hydrogen-bond acceptors (Lipinski definition) is 2. The van der Waals surface area contributed by atoms with E-state index in [1.54, 1.807) is 42.5 Å². The van der Waals surface area contributed by atoms with Gasteiger partial charge in [-0.25, -0.2) is 13.2 Å². The van der Waals surface area contributed by atoms with E-state index in [1.165, 1.54) is 11.6 Å². The van der Waals surface area contributed by atoms with Gasteiger partial charge in [-0.05, 0) is 46.9 Å². The van der Waals surface area contributed by atoms with Crippen molar-refractivity contribution in [1.29, 1.82) is 0 Å². The van der Waals surface area contributed by atoms with Crippen molar-refractivity contribution in [3.05, 3.63) is 113 Å². The summed E-state index contributed by atoms with van der Waals surface area (Å²) in [6.45, 7) is 2.55. The van der Waals surface area contributed by atoms with E-state index in [0.717, 1.165) is 24.0 Å². The van der Waals surface area contributed by atoms with Crippen LogP contribution in [0.1, 0.15) is 36.1 Å². The van der Waals surface area contributed by atoms with Crippen molar-refractivity contribution in [3.63, 3.8) is 0 Å². The third kappa shape index (κ3) is 5.10. The van der Waals surface area contributed by atoms with Crippen LogP contribution in [0.15, 0.2) is 78.9 Å². The van der Waals surface area contributed by atoms with Crippen molar-refractivity contribution in [3.8, 4) is 28.0 Å². The smallest absolute Gasteiger partial charge is 0.167 e. The van der Waals surface area contributed by atoms with Gasteiger partial charge in [-0.2, -0.15) is 0 Å². The van der Waals surface area contributed by atoms with Gasteiger partial charge in [0.15, 0.2) is 11.6 Å². The highest BCUT2D eigenvalue weighted by Crippen LogP contribution is 2.34. The Morgan fingerprint density at radius 2 is 1.49 bits per heavy atom. The van der Waals surface area contributed by atoms with E-state index in [9.17, 15) is 13.2 Å². The van der Waals surface area contributed by atoms with E-state index in [0.29, 0.717) is 23.5 Å². The maximum Gasteiger partial charge on any atom is 0.167 e. The first-order valence-corrected chi connectivity index (χ1v) is 11.7. The fourth-order valence-corrected chi connectivity index (χ4v) is 4.16. The number of halogens is 3. The van der Waals surface area contributed by atoms with E-state index in [4.69, 9.17) is 9.47 Å². The van der Waals surface area contributed by atoms with Crippen molar-refractivity contribution >= 4 is 0 Å². The summed E-state index contributed by atoms with van der Waals surface area (Å²) < 4.78 is 54.7. The minimum Gasteiger partial charge on any atom is -0.489 e. The largest absolute Gasteiger partial charge is 0.489 e. The maximum absolute atomic E-state index is 14.8. The summed E-state index contributed by atoms with van der Waals surface area (Å²) in [5, 5.41) is 0. The molecule has 178 valence electrons. The van der Waals surface area contributed by atoms with Gasteiger partial charge in [0, 0.05) is 16.7 Å². The van der Waals surface area contributed by atoms with Gasteiger partial charge in [0.1, 0.15) is 24.3 Å². The zero-order valence-corrected chi connectivity index (χ0v) is 19.4. The SMILES string of the molecule is CCCc1ccc(-c2ccc(COc3ccc(-c4ccc(C5CO5)c(F)c4)cc3)c(F)c2F)cc1. The predicted molar refractivity (Wildman–Crippen MR) is 131 cm³/mol. The van der Waals surface area contributed by atoms with E-state index in [1.807, 2.05) is 30.3 Å². The molecule has 35 heavy (non-hydrogen) atoms. The van der Waals surface area contributed by atoms with Crippen LogP contribution in [0.25, 0.3) is 22.3 Å². The Labute approximate surface area is 203 Å². The lowest BCUT2D eigenvalue weighted by Gasteiger charge is -2.11. The van der Waals surface area contributed by atoms with Crippen LogP contribution in [-0.2, 0) is 17.8 Å². The molecule has 0 aromatic heterocycles. The molecule has 1 fully saturated rings. The fraction of sp³-hybridized carbons (Fsp3) is 0.200. The Kier molecular flexibility index (Phi) is 6.60. The van der Waals surface area contributed by atoms with Gasteiger partial charge in [0.2, 0.25) is 0 Å². The molecule has 1 aliphatic heterocycles.